The molecule has 1 fully saturated rings. The number of nitrogens with zero attached hydrogens (tertiary/aromatic N) is 3. The molecule has 1 aliphatic rings. The summed E-state index contributed by atoms with van der Waals surface area (Å²) in [6.45, 7) is 10.6. The normalized spacial score (nSPS) is 16.3. The van der Waals surface area contributed by atoms with Crippen molar-refractivity contribution in [2.75, 3.05) is 38.6 Å². The number of rotatable bonds is 6. The zero-order valence-electron chi connectivity index (χ0n) is 17.0. The number of nitrogens with one attached hydrogen (secondary N) is 2. The lowest BCUT2D eigenvalue weighted by Gasteiger charge is -2.35. The second-order valence-corrected chi connectivity index (χ2v) is 7.31. The second kappa shape index (κ2) is 11.6. The summed E-state index contributed by atoms with van der Waals surface area (Å²) in [6.07, 6.45) is 2.36. The summed E-state index contributed by atoms with van der Waals surface area (Å²) in [6, 6.07) is 9.73. The van der Waals surface area contributed by atoms with Crippen LogP contribution in [-0.4, -0.2) is 56.7 Å². The van der Waals surface area contributed by atoms with Crippen LogP contribution in [0.3, 0.4) is 0 Å². The summed E-state index contributed by atoms with van der Waals surface area (Å²) in [4.78, 5) is 9.47. The molecule has 0 amide bonds. The molecule has 1 aromatic carbocycles. The molecule has 2 rings (SSSR count). The Hall–Kier alpha value is -1.02. The molecular weight excluding hydrogens is 437 g/mol. The van der Waals surface area contributed by atoms with Crippen LogP contribution in [0.2, 0.25) is 0 Å². The number of likely N-dealkylation sites (tertiary alicyclic amines) is 1. The molecule has 1 aromatic rings. The zero-order chi connectivity index (χ0) is 18.2. The van der Waals surface area contributed by atoms with Gasteiger partial charge in [-0.3, -0.25) is 0 Å². The fourth-order valence-electron chi connectivity index (χ4n) is 3.18. The van der Waals surface area contributed by atoms with Crippen molar-refractivity contribution < 1.29 is 0 Å². The molecule has 0 spiro atoms. The van der Waals surface area contributed by atoms with Gasteiger partial charge < -0.3 is 20.4 Å². The van der Waals surface area contributed by atoms with E-state index >= 15 is 0 Å². The van der Waals surface area contributed by atoms with Gasteiger partial charge in [-0.15, -0.1) is 24.0 Å². The molecule has 1 heterocycles. The number of piperidine rings is 1. The molecule has 5 nitrogen and oxygen atoms in total. The van der Waals surface area contributed by atoms with E-state index in [1.54, 1.807) is 0 Å². The number of benzene rings is 1. The van der Waals surface area contributed by atoms with E-state index < -0.39 is 0 Å². The van der Waals surface area contributed by atoms with Gasteiger partial charge in [0.1, 0.15) is 0 Å². The van der Waals surface area contributed by atoms with Gasteiger partial charge in [0.25, 0.3) is 0 Å². The number of guanidine groups is 1. The van der Waals surface area contributed by atoms with Gasteiger partial charge in [-0.05, 0) is 51.3 Å². The lowest BCUT2D eigenvalue weighted by atomic mass is 10.0. The Morgan fingerprint density at radius 3 is 2.54 bits per heavy atom. The fourth-order valence-corrected chi connectivity index (χ4v) is 3.18. The predicted octanol–water partition coefficient (Wildman–Crippen LogP) is 3.30. The molecule has 1 saturated heterocycles. The van der Waals surface area contributed by atoms with E-state index in [0.29, 0.717) is 18.6 Å². The van der Waals surface area contributed by atoms with Crippen LogP contribution in [-0.2, 0) is 6.54 Å². The molecule has 2 N–H and O–H groups in total. The Labute approximate surface area is 176 Å². The third-order valence-electron chi connectivity index (χ3n) is 4.79. The SMILES string of the molecule is CCNC(=NCc1cccc(N(C)C)c1)NC1CCN(C(C)C)CC1.I. The molecule has 0 aromatic heterocycles. The first-order valence-corrected chi connectivity index (χ1v) is 9.54. The van der Waals surface area contributed by atoms with Crippen molar-refractivity contribution in [3.05, 3.63) is 29.8 Å². The molecule has 0 aliphatic carbocycles. The highest BCUT2D eigenvalue weighted by molar-refractivity contribution is 14.0. The van der Waals surface area contributed by atoms with Crippen LogP contribution in [0.4, 0.5) is 5.69 Å². The van der Waals surface area contributed by atoms with E-state index in [4.69, 9.17) is 4.99 Å². The Bertz CT molecular complexity index is 551. The van der Waals surface area contributed by atoms with Crippen LogP contribution in [0.25, 0.3) is 0 Å². The summed E-state index contributed by atoms with van der Waals surface area (Å²) in [5, 5.41) is 7.01. The number of aliphatic imine (C=N–C) groups is 1. The highest BCUT2D eigenvalue weighted by Crippen LogP contribution is 2.15. The van der Waals surface area contributed by atoms with E-state index in [1.165, 1.54) is 37.2 Å². The van der Waals surface area contributed by atoms with Crippen molar-refractivity contribution in [3.63, 3.8) is 0 Å². The molecule has 0 radical (unpaired) electrons. The topological polar surface area (TPSA) is 42.9 Å². The van der Waals surface area contributed by atoms with E-state index in [0.717, 1.165) is 12.5 Å². The largest absolute Gasteiger partial charge is 0.378 e. The van der Waals surface area contributed by atoms with Gasteiger partial charge in [0.2, 0.25) is 0 Å². The van der Waals surface area contributed by atoms with E-state index in [2.05, 4.69) is 79.6 Å². The van der Waals surface area contributed by atoms with Crippen molar-refractivity contribution in [2.24, 2.45) is 4.99 Å². The molecule has 0 unspecified atom stereocenters. The Balaban J connectivity index is 0.00000338. The third kappa shape index (κ3) is 7.31. The Morgan fingerprint density at radius 1 is 1.27 bits per heavy atom. The minimum Gasteiger partial charge on any atom is -0.378 e. The van der Waals surface area contributed by atoms with Gasteiger partial charge in [-0.25, -0.2) is 4.99 Å². The molecular formula is C20H36IN5. The lowest BCUT2D eigenvalue weighted by Crippen LogP contribution is -2.49. The minimum atomic E-state index is 0. The standard InChI is InChI=1S/C20H35N5.HI/c1-6-21-20(23-18-10-12-25(13-11-18)16(2)3)22-15-17-8-7-9-19(14-17)24(4)5;/h7-9,14,16,18H,6,10-13,15H2,1-5H3,(H2,21,22,23);1H. The van der Waals surface area contributed by atoms with Crippen LogP contribution in [0, 0.1) is 0 Å². The van der Waals surface area contributed by atoms with E-state index in [1.807, 2.05) is 0 Å². The molecule has 26 heavy (non-hydrogen) atoms. The summed E-state index contributed by atoms with van der Waals surface area (Å²) in [5.74, 6) is 0.931. The first kappa shape index (κ1) is 23.0. The van der Waals surface area contributed by atoms with Gasteiger partial charge in [0, 0.05) is 51.5 Å². The smallest absolute Gasteiger partial charge is 0.191 e. The third-order valence-corrected chi connectivity index (χ3v) is 4.79. The van der Waals surface area contributed by atoms with Gasteiger partial charge >= 0.3 is 0 Å². The molecule has 0 bridgehead atoms. The number of hydrogen-bond donors (Lipinski definition) is 2. The fraction of sp³-hybridized carbons (Fsp3) is 0.650. The summed E-state index contributed by atoms with van der Waals surface area (Å²) >= 11 is 0. The number of hydrogen-bond acceptors (Lipinski definition) is 3. The van der Waals surface area contributed by atoms with Crippen LogP contribution in [0.15, 0.2) is 29.3 Å². The molecule has 0 atom stereocenters. The van der Waals surface area contributed by atoms with Gasteiger partial charge in [-0.2, -0.15) is 0 Å². The van der Waals surface area contributed by atoms with Gasteiger partial charge in [0.05, 0.1) is 6.54 Å². The summed E-state index contributed by atoms with van der Waals surface area (Å²) in [5.41, 5.74) is 2.45. The van der Waals surface area contributed by atoms with Crippen molar-refractivity contribution in [2.45, 2.75) is 52.2 Å². The van der Waals surface area contributed by atoms with Crippen LogP contribution >= 0.6 is 24.0 Å². The first-order chi connectivity index (χ1) is 12.0. The van der Waals surface area contributed by atoms with Gasteiger partial charge in [-0.1, -0.05) is 12.1 Å². The highest BCUT2D eigenvalue weighted by atomic mass is 127. The average Bonchev–Trinajstić information content (AvgIpc) is 2.60. The maximum atomic E-state index is 4.79. The molecule has 6 heteroatoms. The van der Waals surface area contributed by atoms with E-state index in [-0.39, 0.29) is 24.0 Å². The zero-order valence-corrected chi connectivity index (χ0v) is 19.3. The molecule has 0 saturated carbocycles. The summed E-state index contributed by atoms with van der Waals surface area (Å²) < 4.78 is 0. The van der Waals surface area contributed by atoms with Crippen LogP contribution in [0.1, 0.15) is 39.2 Å². The Morgan fingerprint density at radius 2 is 1.96 bits per heavy atom. The first-order valence-electron chi connectivity index (χ1n) is 9.54. The molecule has 1 aliphatic heterocycles. The van der Waals surface area contributed by atoms with E-state index in [9.17, 15) is 0 Å². The Kier molecular flexibility index (Phi) is 10.3. The lowest BCUT2D eigenvalue weighted by molar-refractivity contribution is 0.167. The quantitative estimate of drug-likeness (QED) is 0.378. The van der Waals surface area contributed by atoms with Crippen molar-refractivity contribution in [3.8, 4) is 0 Å². The maximum absolute atomic E-state index is 4.79. The van der Waals surface area contributed by atoms with Crippen molar-refractivity contribution >= 4 is 35.6 Å². The van der Waals surface area contributed by atoms with Crippen LogP contribution in [0.5, 0.6) is 0 Å². The predicted molar refractivity (Wildman–Crippen MR) is 124 cm³/mol. The summed E-state index contributed by atoms with van der Waals surface area (Å²) in [7, 11) is 4.13. The van der Waals surface area contributed by atoms with Crippen molar-refractivity contribution in [1.82, 2.24) is 15.5 Å². The van der Waals surface area contributed by atoms with Crippen LogP contribution < -0.4 is 15.5 Å². The van der Waals surface area contributed by atoms with Crippen molar-refractivity contribution in [1.29, 1.82) is 0 Å². The highest BCUT2D eigenvalue weighted by Gasteiger charge is 2.21. The number of halogens is 1. The minimum absolute atomic E-state index is 0. The monoisotopic (exact) mass is 473 g/mol. The molecule has 148 valence electrons. The maximum Gasteiger partial charge on any atom is 0.191 e. The number of anilines is 1. The second-order valence-electron chi connectivity index (χ2n) is 7.31. The van der Waals surface area contributed by atoms with Gasteiger partial charge in [0.15, 0.2) is 5.96 Å². The average molecular weight is 473 g/mol.